The van der Waals surface area contributed by atoms with Gasteiger partial charge in [0.05, 0.1) is 11.4 Å². The lowest BCUT2D eigenvalue weighted by molar-refractivity contribution is -0.118. The van der Waals surface area contributed by atoms with Crippen molar-refractivity contribution in [2.75, 3.05) is 36.4 Å². The number of nitrogens with one attached hydrogen (secondary N) is 3. The summed E-state index contributed by atoms with van der Waals surface area (Å²) in [4.78, 5) is 28.6. The Morgan fingerprint density at radius 1 is 1.00 bits per heavy atom. The lowest BCUT2D eigenvalue weighted by Gasteiger charge is -2.31. The van der Waals surface area contributed by atoms with Gasteiger partial charge in [-0.2, -0.15) is 0 Å². The number of aryl methyl sites for hydroxylation is 1. The summed E-state index contributed by atoms with van der Waals surface area (Å²) in [6.07, 6.45) is 0.308. The van der Waals surface area contributed by atoms with Crippen LogP contribution in [0.15, 0.2) is 72.8 Å². The van der Waals surface area contributed by atoms with Crippen LogP contribution in [0.3, 0.4) is 0 Å². The summed E-state index contributed by atoms with van der Waals surface area (Å²) in [6.45, 7) is 4.99. The van der Waals surface area contributed by atoms with Gasteiger partial charge in [-0.05, 0) is 42.3 Å². The van der Waals surface area contributed by atoms with Crippen molar-refractivity contribution < 1.29 is 14.0 Å². The number of rotatable bonds is 7. The fraction of sp³-hybridized carbons (Fsp3) is 0.259. The zero-order valence-electron chi connectivity index (χ0n) is 19.2. The van der Waals surface area contributed by atoms with Crippen LogP contribution in [0.5, 0.6) is 0 Å². The molecule has 1 heterocycles. The molecule has 3 aromatic rings. The number of carbonyl (C=O) groups excluding carboxylic acids is 2. The Labute approximate surface area is 199 Å². The molecule has 0 spiro atoms. The lowest BCUT2D eigenvalue weighted by atomic mass is 10.0. The van der Waals surface area contributed by atoms with Crippen molar-refractivity contribution in [3.8, 4) is 0 Å². The van der Waals surface area contributed by atoms with Crippen LogP contribution in [0.1, 0.15) is 21.5 Å². The van der Waals surface area contributed by atoms with Crippen LogP contribution in [0, 0.1) is 12.7 Å². The van der Waals surface area contributed by atoms with Gasteiger partial charge in [-0.3, -0.25) is 9.59 Å². The second-order valence-corrected chi connectivity index (χ2v) is 8.42. The maximum Gasteiger partial charge on any atom is 0.252 e. The van der Waals surface area contributed by atoms with Gasteiger partial charge >= 0.3 is 0 Å². The molecule has 1 saturated heterocycles. The van der Waals surface area contributed by atoms with Crippen LogP contribution >= 0.6 is 0 Å². The molecule has 0 aromatic heterocycles. The van der Waals surface area contributed by atoms with Crippen molar-refractivity contribution in [3.63, 3.8) is 0 Å². The second-order valence-electron chi connectivity index (χ2n) is 8.42. The van der Waals surface area contributed by atoms with Crippen LogP contribution in [0.25, 0.3) is 0 Å². The number of nitrogens with zero attached hydrogens (tertiary/aromatic N) is 1. The highest BCUT2D eigenvalue weighted by Gasteiger charge is 2.25. The van der Waals surface area contributed by atoms with Crippen LogP contribution in [-0.2, 0) is 11.2 Å². The number of hydrogen-bond donors (Lipinski definition) is 3. The van der Waals surface area contributed by atoms with Gasteiger partial charge in [0.15, 0.2) is 0 Å². The fourth-order valence-corrected chi connectivity index (χ4v) is 4.13. The third-order valence-electron chi connectivity index (χ3n) is 5.97. The molecule has 0 bridgehead atoms. The number of hydrogen-bond acceptors (Lipinski definition) is 4. The quantitative estimate of drug-likeness (QED) is 0.505. The number of anilines is 2. The molecule has 1 aliphatic heterocycles. The van der Waals surface area contributed by atoms with Gasteiger partial charge in [0.1, 0.15) is 11.9 Å². The average molecular weight is 461 g/mol. The molecular formula is C27H29FN4O2. The minimum Gasteiger partial charge on any atom is -0.367 e. The number of halogens is 1. The Balaban J connectivity index is 1.59. The Bertz CT molecular complexity index is 1150. The predicted molar refractivity (Wildman–Crippen MR) is 133 cm³/mol. The fourth-order valence-electron chi connectivity index (χ4n) is 4.13. The monoisotopic (exact) mass is 460 g/mol. The second kappa shape index (κ2) is 10.9. The summed E-state index contributed by atoms with van der Waals surface area (Å²) < 4.78 is 14.1. The third kappa shape index (κ3) is 5.80. The summed E-state index contributed by atoms with van der Waals surface area (Å²) >= 11 is 0. The first-order valence-corrected chi connectivity index (χ1v) is 11.5. The molecule has 3 N–H and O–H groups in total. The SMILES string of the molecule is Cc1ccccc1C(=O)N[C@H](Cc1ccccc1)C(=O)Nc1cc(F)ccc1N1CCNCC1. The van der Waals surface area contributed by atoms with E-state index >= 15 is 0 Å². The molecule has 1 fully saturated rings. The molecule has 0 unspecified atom stereocenters. The lowest BCUT2D eigenvalue weighted by Crippen LogP contribution is -2.46. The average Bonchev–Trinajstić information content (AvgIpc) is 2.85. The van der Waals surface area contributed by atoms with Crippen molar-refractivity contribution in [3.05, 3.63) is 95.3 Å². The molecular weight excluding hydrogens is 431 g/mol. The molecule has 3 aromatic carbocycles. The first kappa shape index (κ1) is 23.4. The summed E-state index contributed by atoms with van der Waals surface area (Å²) in [7, 11) is 0. The van der Waals surface area contributed by atoms with Gasteiger partial charge in [-0.25, -0.2) is 4.39 Å². The topological polar surface area (TPSA) is 73.5 Å². The van der Waals surface area contributed by atoms with Crippen molar-refractivity contribution in [1.29, 1.82) is 0 Å². The molecule has 34 heavy (non-hydrogen) atoms. The maximum absolute atomic E-state index is 14.1. The molecule has 0 radical (unpaired) electrons. The van der Waals surface area contributed by atoms with Crippen molar-refractivity contribution in [2.45, 2.75) is 19.4 Å². The van der Waals surface area contributed by atoms with Crippen LogP contribution < -0.4 is 20.9 Å². The van der Waals surface area contributed by atoms with Gasteiger partial charge in [-0.1, -0.05) is 48.5 Å². The van der Waals surface area contributed by atoms with E-state index in [-0.39, 0.29) is 5.91 Å². The van der Waals surface area contributed by atoms with Gasteiger partial charge in [-0.15, -0.1) is 0 Å². The van der Waals surface area contributed by atoms with E-state index in [1.807, 2.05) is 49.4 Å². The van der Waals surface area contributed by atoms with Crippen LogP contribution in [0.2, 0.25) is 0 Å². The van der Waals surface area contributed by atoms with Crippen molar-refractivity contribution >= 4 is 23.2 Å². The first-order chi connectivity index (χ1) is 16.5. The van der Waals surface area contributed by atoms with E-state index in [0.717, 1.165) is 43.0 Å². The molecule has 7 heteroatoms. The molecule has 1 aliphatic rings. The molecule has 2 amide bonds. The smallest absolute Gasteiger partial charge is 0.252 e. The highest BCUT2D eigenvalue weighted by Crippen LogP contribution is 2.27. The predicted octanol–water partition coefficient (Wildman–Crippen LogP) is 3.52. The van der Waals surface area contributed by atoms with Gasteiger partial charge in [0.25, 0.3) is 5.91 Å². The summed E-state index contributed by atoms with van der Waals surface area (Å²) in [5.74, 6) is -1.15. The first-order valence-electron chi connectivity index (χ1n) is 11.5. The number of carbonyl (C=O) groups is 2. The summed E-state index contributed by atoms with van der Waals surface area (Å²) in [6, 6.07) is 20.3. The van der Waals surface area contributed by atoms with Gasteiger partial charge in [0, 0.05) is 38.2 Å². The van der Waals surface area contributed by atoms with Gasteiger partial charge in [0.2, 0.25) is 5.91 Å². The van der Waals surface area contributed by atoms with E-state index in [2.05, 4.69) is 20.9 Å². The zero-order valence-corrected chi connectivity index (χ0v) is 19.2. The largest absolute Gasteiger partial charge is 0.367 e. The Hall–Kier alpha value is -3.71. The molecule has 4 rings (SSSR count). The number of piperazine rings is 1. The van der Waals surface area contributed by atoms with Crippen LogP contribution in [0.4, 0.5) is 15.8 Å². The zero-order chi connectivity index (χ0) is 23.9. The Kier molecular flexibility index (Phi) is 7.54. The summed E-state index contributed by atoms with van der Waals surface area (Å²) in [5, 5.41) is 9.07. The molecule has 0 aliphatic carbocycles. The third-order valence-corrected chi connectivity index (χ3v) is 5.97. The van der Waals surface area contributed by atoms with Gasteiger partial charge < -0.3 is 20.9 Å². The molecule has 1 atom stereocenters. The minimum absolute atomic E-state index is 0.308. The summed E-state index contributed by atoms with van der Waals surface area (Å²) in [5.41, 5.74) is 3.41. The van der Waals surface area contributed by atoms with E-state index in [0.29, 0.717) is 17.7 Å². The molecule has 0 saturated carbocycles. The standard InChI is InChI=1S/C27H29FN4O2/c1-19-7-5-6-10-22(19)26(33)31-24(17-20-8-3-2-4-9-20)27(34)30-23-18-21(28)11-12-25(23)32-15-13-29-14-16-32/h2-12,18,24,29H,13-17H2,1H3,(H,30,34)(H,31,33)/t24-/m1/s1. The van der Waals surface area contributed by atoms with Crippen molar-refractivity contribution in [2.24, 2.45) is 0 Å². The van der Waals surface area contributed by atoms with E-state index in [1.54, 1.807) is 18.2 Å². The minimum atomic E-state index is -0.839. The van der Waals surface area contributed by atoms with E-state index < -0.39 is 17.8 Å². The molecule has 176 valence electrons. The Morgan fingerprint density at radius 3 is 2.44 bits per heavy atom. The van der Waals surface area contributed by atoms with E-state index in [9.17, 15) is 14.0 Å². The number of benzene rings is 3. The van der Waals surface area contributed by atoms with E-state index in [1.165, 1.54) is 12.1 Å². The van der Waals surface area contributed by atoms with E-state index in [4.69, 9.17) is 0 Å². The highest BCUT2D eigenvalue weighted by molar-refractivity contribution is 6.03. The molecule has 6 nitrogen and oxygen atoms in total. The highest BCUT2D eigenvalue weighted by atomic mass is 19.1. The number of amides is 2. The van der Waals surface area contributed by atoms with Crippen LogP contribution in [-0.4, -0.2) is 44.0 Å². The maximum atomic E-state index is 14.1. The van der Waals surface area contributed by atoms with Crippen molar-refractivity contribution in [1.82, 2.24) is 10.6 Å². The normalized spacial score (nSPS) is 14.4. The Morgan fingerprint density at radius 2 is 1.71 bits per heavy atom.